The fourth-order valence-electron chi connectivity index (χ4n) is 3.95. The Morgan fingerprint density at radius 3 is 2.42 bits per heavy atom. The van der Waals surface area contributed by atoms with Crippen LogP contribution in [-0.2, 0) is 17.8 Å². The van der Waals surface area contributed by atoms with Gasteiger partial charge >= 0.3 is 0 Å². The molecule has 1 saturated heterocycles. The van der Waals surface area contributed by atoms with E-state index >= 15 is 0 Å². The van der Waals surface area contributed by atoms with Crippen molar-refractivity contribution in [2.45, 2.75) is 32.2 Å². The van der Waals surface area contributed by atoms with Crippen molar-refractivity contribution in [3.63, 3.8) is 0 Å². The normalized spacial score (nSPS) is 16.5. The Hall–Kier alpha value is -2.49. The van der Waals surface area contributed by atoms with Gasteiger partial charge in [0.05, 0.1) is 0 Å². The predicted octanol–water partition coefficient (Wildman–Crippen LogP) is 3.67. The molecule has 0 spiro atoms. The minimum atomic E-state index is 0.237. The third kappa shape index (κ3) is 3.85. The second-order valence-electron chi connectivity index (χ2n) is 7.25. The Morgan fingerprint density at radius 2 is 1.65 bits per heavy atom. The highest BCUT2D eigenvalue weighted by molar-refractivity contribution is 5.77. The van der Waals surface area contributed by atoms with E-state index in [9.17, 15) is 4.79 Å². The lowest BCUT2D eigenvalue weighted by Crippen LogP contribution is -2.36. The smallest absolute Gasteiger partial charge is 0.224 e. The number of amides is 1. The van der Waals surface area contributed by atoms with Gasteiger partial charge in [-0.25, -0.2) is 0 Å². The topological polar surface area (TPSA) is 35.6 Å². The summed E-state index contributed by atoms with van der Waals surface area (Å²) >= 11 is 0. The van der Waals surface area contributed by atoms with E-state index in [1.165, 1.54) is 42.7 Å². The van der Waals surface area contributed by atoms with E-state index < -0.39 is 0 Å². The third-order valence-electron chi connectivity index (χ3n) is 5.49. The van der Waals surface area contributed by atoms with Gasteiger partial charge in [0, 0.05) is 50.5 Å². The summed E-state index contributed by atoms with van der Waals surface area (Å²) < 4.78 is 0. The molecule has 4 rings (SSSR count). The molecule has 0 bridgehead atoms. The van der Waals surface area contributed by atoms with Crippen molar-refractivity contribution in [1.29, 1.82) is 0 Å². The summed E-state index contributed by atoms with van der Waals surface area (Å²) in [6, 6.07) is 17.0. The van der Waals surface area contributed by atoms with Gasteiger partial charge in [0.1, 0.15) is 0 Å². The lowest BCUT2D eigenvalue weighted by molar-refractivity contribution is -0.131. The van der Waals surface area contributed by atoms with Gasteiger partial charge in [-0.1, -0.05) is 24.3 Å². The van der Waals surface area contributed by atoms with Crippen LogP contribution in [0.3, 0.4) is 0 Å². The first-order valence-electron chi connectivity index (χ1n) is 9.73. The van der Waals surface area contributed by atoms with Gasteiger partial charge in [0.15, 0.2) is 0 Å². The second-order valence-corrected chi connectivity index (χ2v) is 7.25. The number of nitrogens with zero attached hydrogens (tertiary/aromatic N) is 2. The zero-order valence-corrected chi connectivity index (χ0v) is 15.3. The highest BCUT2D eigenvalue weighted by Gasteiger charge is 2.19. The SMILES string of the molecule is O=C(CCNc1ccc(N2CCCC2)cc1)N1CCc2ccccc2C1. The highest BCUT2D eigenvalue weighted by Crippen LogP contribution is 2.22. The Kier molecular flexibility index (Phi) is 5.09. The summed E-state index contributed by atoms with van der Waals surface area (Å²) in [5.41, 5.74) is 5.06. The molecule has 2 heterocycles. The molecule has 0 aromatic heterocycles. The summed E-state index contributed by atoms with van der Waals surface area (Å²) in [6.45, 7) is 4.60. The van der Waals surface area contributed by atoms with E-state index in [1.54, 1.807) is 0 Å². The van der Waals surface area contributed by atoms with Crippen LogP contribution in [0.15, 0.2) is 48.5 Å². The van der Waals surface area contributed by atoms with Crippen molar-refractivity contribution in [2.75, 3.05) is 36.4 Å². The van der Waals surface area contributed by atoms with Gasteiger partial charge in [0.25, 0.3) is 0 Å². The Labute approximate surface area is 155 Å². The van der Waals surface area contributed by atoms with Crippen molar-refractivity contribution in [1.82, 2.24) is 4.90 Å². The second kappa shape index (κ2) is 7.81. The first kappa shape index (κ1) is 17.0. The van der Waals surface area contributed by atoms with Crippen molar-refractivity contribution < 1.29 is 4.79 Å². The number of benzene rings is 2. The minimum Gasteiger partial charge on any atom is -0.385 e. The lowest BCUT2D eigenvalue weighted by Gasteiger charge is -2.29. The molecule has 136 valence electrons. The average Bonchev–Trinajstić information content (AvgIpc) is 3.23. The van der Waals surface area contributed by atoms with Crippen molar-refractivity contribution in [2.24, 2.45) is 0 Å². The molecule has 26 heavy (non-hydrogen) atoms. The van der Waals surface area contributed by atoms with Crippen LogP contribution in [0.1, 0.15) is 30.4 Å². The van der Waals surface area contributed by atoms with Gasteiger partial charge in [-0.2, -0.15) is 0 Å². The molecule has 1 fully saturated rings. The Bertz CT molecular complexity index is 750. The van der Waals surface area contributed by atoms with Gasteiger partial charge in [0.2, 0.25) is 5.91 Å². The number of carbonyl (C=O) groups excluding carboxylic acids is 1. The molecule has 0 aliphatic carbocycles. The monoisotopic (exact) mass is 349 g/mol. The Morgan fingerprint density at radius 1 is 0.923 bits per heavy atom. The number of hydrogen-bond acceptors (Lipinski definition) is 3. The van der Waals surface area contributed by atoms with Crippen LogP contribution in [0.25, 0.3) is 0 Å². The van der Waals surface area contributed by atoms with Gasteiger partial charge in [-0.15, -0.1) is 0 Å². The van der Waals surface area contributed by atoms with Crippen LogP contribution >= 0.6 is 0 Å². The number of nitrogens with one attached hydrogen (secondary N) is 1. The molecule has 1 N–H and O–H groups in total. The van der Waals surface area contributed by atoms with Gasteiger partial charge < -0.3 is 15.1 Å². The number of anilines is 2. The van der Waals surface area contributed by atoms with Crippen LogP contribution in [0.2, 0.25) is 0 Å². The van der Waals surface area contributed by atoms with Crippen molar-refractivity contribution in [3.8, 4) is 0 Å². The third-order valence-corrected chi connectivity index (χ3v) is 5.49. The van der Waals surface area contributed by atoms with Crippen LogP contribution in [0.4, 0.5) is 11.4 Å². The van der Waals surface area contributed by atoms with E-state index in [0.29, 0.717) is 13.0 Å². The van der Waals surface area contributed by atoms with Crippen molar-refractivity contribution >= 4 is 17.3 Å². The maximum Gasteiger partial charge on any atom is 0.224 e. The molecule has 2 aromatic rings. The summed E-state index contributed by atoms with van der Waals surface area (Å²) in [6.07, 6.45) is 4.09. The maximum atomic E-state index is 12.5. The predicted molar refractivity (Wildman–Crippen MR) is 107 cm³/mol. The molecule has 2 aromatic carbocycles. The molecule has 2 aliphatic rings. The van der Waals surface area contributed by atoms with E-state index in [-0.39, 0.29) is 5.91 Å². The lowest BCUT2D eigenvalue weighted by atomic mass is 10.00. The molecule has 4 nitrogen and oxygen atoms in total. The first-order chi connectivity index (χ1) is 12.8. The zero-order chi connectivity index (χ0) is 17.8. The fraction of sp³-hybridized carbons (Fsp3) is 0.409. The van der Waals surface area contributed by atoms with Crippen LogP contribution in [0.5, 0.6) is 0 Å². The molecule has 0 atom stereocenters. The summed E-state index contributed by atoms with van der Waals surface area (Å²) in [7, 11) is 0. The average molecular weight is 349 g/mol. The number of carbonyl (C=O) groups is 1. The van der Waals surface area contributed by atoms with Crippen molar-refractivity contribution in [3.05, 3.63) is 59.7 Å². The molecule has 1 amide bonds. The van der Waals surface area contributed by atoms with Gasteiger partial charge in [-0.05, 0) is 54.7 Å². The van der Waals surface area contributed by atoms with Gasteiger partial charge in [-0.3, -0.25) is 4.79 Å². The standard InChI is InChI=1S/C22H27N3O/c26-22(25-16-12-18-5-1-2-6-19(18)17-25)11-13-23-20-7-9-21(10-8-20)24-14-3-4-15-24/h1-2,5-10,23H,3-4,11-17H2. The molecule has 2 aliphatic heterocycles. The molecular weight excluding hydrogens is 322 g/mol. The first-order valence-corrected chi connectivity index (χ1v) is 9.73. The molecule has 0 unspecified atom stereocenters. The number of fused-ring (bicyclic) bond motifs is 1. The summed E-state index contributed by atoms with van der Waals surface area (Å²) in [5.74, 6) is 0.237. The van der Waals surface area contributed by atoms with E-state index in [1.807, 2.05) is 4.90 Å². The number of hydrogen-bond donors (Lipinski definition) is 1. The summed E-state index contributed by atoms with van der Waals surface area (Å²) in [4.78, 5) is 16.9. The molecule has 0 radical (unpaired) electrons. The van der Waals surface area contributed by atoms with E-state index in [0.717, 1.165) is 25.2 Å². The quantitative estimate of drug-likeness (QED) is 0.894. The number of rotatable bonds is 5. The minimum absolute atomic E-state index is 0.237. The largest absolute Gasteiger partial charge is 0.385 e. The van der Waals surface area contributed by atoms with E-state index in [4.69, 9.17) is 0 Å². The fourth-order valence-corrected chi connectivity index (χ4v) is 3.95. The summed E-state index contributed by atoms with van der Waals surface area (Å²) in [5, 5.41) is 3.39. The molecular formula is C22H27N3O. The van der Waals surface area contributed by atoms with Crippen LogP contribution in [-0.4, -0.2) is 37.0 Å². The van der Waals surface area contributed by atoms with E-state index in [2.05, 4.69) is 58.7 Å². The van der Waals surface area contributed by atoms with Crippen LogP contribution in [0, 0.1) is 0 Å². The maximum absolute atomic E-state index is 12.5. The zero-order valence-electron chi connectivity index (χ0n) is 15.3. The molecule has 0 saturated carbocycles. The van der Waals surface area contributed by atoms with Crippen LogP contribution < -0.4 is 10.2 Å². The molecule has 4 heteroatoms. The highest BCUT2D eigenvalue weighted by atomic mass is 16.2. The Balaban J connectivity index is 1.25.